The highest BCUT2D eigenvalue weighted by Gasteiger charge is 2.05. The lowest BCUT2D eigenvalue weighted by Gasteiger charge is -2.06. The molecule has 0 bridgehead atoms. The first-order valence-corrected chi connectivity index (χ1v) is 14.8. The predicted molar refractivity (Wildman–Crippen MR) is 204 cm³/mol. The van der Waals surface area contributed by atoms with Crippen molar-refractivity contribution in [3.8, 4) is 0 Å². The van der Waals surface area contributed by atoms with E-state index in [1.807, 2.05) is 26.0 Å². The van der Waals surface area contributed by atoms with Gasteiger partial charge in [-0.2, -0.15) is 4.39 Å². The molecule has 0 unspecified atom stereocenters. The van der Waals surface area contributed by atoms with Gasteiger partial charge in [-0.05, 0) is 60.1 Å². The van der Waals surface area contributed by atoms with Crippen molar-refractivity contribution in [2.75, 3.05) is 20.3 Å². The van der Waals surface area contributed by atoms with Gasteiger partial charge in [0.1, 0.15) is 11.5 Å². The van der Waals surface area contributed by atoms with Crippen molar-refractivity contribution in [3.63, 3.8) is 0 Å². The number of ether oxygens (including phenoxy) is 3. The van der Waals surface area contributed by atoms with Crippen molar-refractivity contribution in [1.82, 2.24) is 0 Å². The summed E-state index contributed by atoms with van der Waals surface area (Å²) >= 11 is 0. The monoisotopic (exact) mass is 684 g/mol. The number of esters is 1. The molecule has 0 radical (unpaired) electrons. The van der Waals surface area contributed by atoms with E-state index in [9.17, 15) is 14.0 Å². The third kappa shape index (κ3) is 47.0. The van der Waals surface area contributed by atoms with Crippen molar-refractivity contribution in [3.05, 3.63) is 173 Å². The number of aliphatic hydroxyl groups is 1. The molecule has 0 atom stereocenters. The van der Waals surface area contributed by atoms with Crippen molar-refractivity contribution < 1.29 is 43.2 Å². The third-order valence-corrected chi connectivity index (χ3v) is 4.61. The minimum absolute atomic E-state index is 0.169. The standard InChI is InChI=1S/C28H33FO5.C6H8.C2H6.C2H4.CH2O2.CH4O/c1-21(12-13-22(2)24(4)15-17-26(6)34-20-30)23(3)14-16-25(5)32-18-10-8-9-11-19-33-28(31)27(7)29;1-3-5-6-4-2;2*1-2;2-1-3;1-2/h12-17,20H,1-11,18-19H2;3-6H,1-2H2;1-2H3;1-2H2;1H,(H,2,3);2H,1H3/b13-12-,16-14-,17-15-;6-5-;;;;. The maximum atomic E-state index is 12.4. The molecule has 0 aliphatic heterocycles. The number of allylic oxidation sites excluding steroid dienone is 14. The number of hydrogen-bond acceptors (Lipinski definition) is 7. The minimum Gasteiger partial charge on any atom is -0.494 e. The first-order valence-electron chi connectivity index (χ1n) is 14.8. The zero-order valence-corrected chi connectivity index (χ0v) is 29.7. The number of carboxylic acid groups (broad SMARTS) is 1. The van der Waals surface area contributed by atoms with Crippen LogP contribution in [0.25, 0.3) is 0 Å². The largest absolute Gasteiger partial charge is 0.494 e. The number of carbonyl (C=O) groups is 3. The van der Waals surface area contributed by atoms with Gasteiger partial charge in [-0.3, -0.25) is 9.59 Å². The summed E-state index contributed by atoms with van der Waals surface area (Å²) in [6, 6.07) is 0. The van der Waals surface area contributed by atoms with Gasteiger partial charge in [0.25, 0.3) is 12.9 Å². The highest BCUT2D eigenvalue weighted by Crippen LogP contribution is 2.15. The van der Waals surface area contributed by atoms with Crippen LogP contribution in [0.3, 0.4) is 0 Å². The molecule has 0 aromatic heterocycles. The van der Waals surface area contributed by atoms with Crippen LogP contribution >= 0.6 is 0 Å². The Balaban J connectivity index is -0.000000261. The molecular formula is C40H57FO8. The van der Waals surface area contributed by atoms with Gasteiger partial charge in [0, 0.05) is 7.11 Å². The first-order chi connectivity index (χ1) is 23.4. The molecule has 0 fully saturated rings. The third-order valence-electron chi connectivity index (χ3n) is 4.61. The molecule has 0 aromatic carbocycles. The summed E-state index contributed by atoms with van der Waals surface area (Å²) in [6.07, 6.45) is 20.3. The molecule has 0 aromatic rings. The molecule has 49 heavy (non-hydrogen) atoms. The molecule has 8 nitrogen and oxygen atoms in total. The van der Waals surface area contributed by atoms with E-state index in [2.05, 4.69) is 81.8 Å². The lowest BCUT2D eigenvalue weighted by molar-refractivity contribution is -0.140. The van der Waals surface area contributed by atoms with E-state index < -0.39 is 11.8 Å². The Morgan fingerprint density at radius 1 is 0.633 bits per heavy atom. The van der Waals surface area contributed by atoms with Gasteiger partial charge in [0.05, 0.1) is 13.2 Å². The van der Waals surface area contributed by atoms with E-state index in [1.165, 1.54) is 6.08 Å². The highest BCUT2D eigenvalue weighted by atomic mass is 19.1. The SMILES string of the molecule is C=C.C=C(/C=C\C(=C)C(=C)/C=C\C(=C)C(=C)/C=C\C(=C)OCCCCCCOC(=O)C(=C)F)OC=O.C=C/C=C\C=C.CC.CO.O=CO. The molecule has 0 aliphatic carbocycles. The van der Waals surface area contributed by atoms with Crippen molar-refractivity contribution in [2.24, 2.45) is 0 Å². The normalized spacial score (nSPS) is 9.08. The second kappa shape index (κ2) is 46.9. The first kappa shape index (κ1) is 55.8. The molecule has 0 spiro atoms. The summed E-state index contributed by atoms with van der Waals surface area (Å²) in [4.78, 5) is 29.5. The fraction of sp³-hybridized carbons (Fsp3) is 0.225. The van der Waals surface area contributed by atoms with E-state index in [0.29, 0.717) is 47.6 Å². The van der Waals surface area contributed by atoms with Gasteiger partial charge >= 0.3 is 5.97 Å². The average Bonchev–Trinajstić information content (AvgIpc) is 3.11. The lowest BCUT2D eigenvalue weighted by atomic mass is 10.0. The van der Waals surface area contributed by atoms with Crippen LogP contribution in [0.2, 0.25) is 0 Å². The Bertz CT molecular complexity index is 1140. The van der Waals surface area contributed by atoms with Gasteiger partial charge in [0.2, 0.25) is 5.83 Å². The van der Waals surface area contributed by atoms with Gasteiger partial charge in [-0.1, -0.05) is 122 Å². The van der Waals surface area contributed by atoms with Crippen molar-refractivity contribution in [2.45, 2.75) is 39.5 Å². The number of carbonyl (C=O) groups excluding carboxylic acids is 2. The van der Waals surface area contributed by atoms with Crippen LogP contribution in [0.1, 0.15) is 39.5 Å². The number of aliphatic hydroxyl groups excluding tert-OH is 1. The fourth-order valence-electron chi connectivity index (χ4n) is 2.33. The number of halogens is 1. The Morgan fingerprint density at radius 2 is 0.959 bits per heavy atom. The van der Waals surface area contributed by atoms with Crippen LogP contribution in [0.4, 0.5) is 4.39 Å². The molecule has 2 N–H and O–H groups in total. The van der Waals surface area contributed by atoms with Gasteiger partial charge < -0.3 is 24.4 Å². The summed E-state index contributed by atoms with van der Waals surface area (Å²) in [5.74, 6) is -1.41. The summed E-state index contributed by atoms with van der Waals surface area (Å²) < 4.78 is 27.2. The van der Waals surface area contributed by atoms with Gasteiger partial charge in [-0.25, -0.2) is 4.79 Å². The molecular weight excluding hydrogens is 627 g/mol. The zero-order valence-electron chi connectivity index (χ0n) is 29.7. The molecule has 0 amide bonds. The van der Waals surface area contributed by atoms with E-state index in [0.717, 1.165) is 26.4 Å². The molecule has 272 valence electrons. The van der Waals surface area contributed by atoms with Crippen LogP contribution in [0, 0.1) is 0 Å². The maximum Gasteiger partial charge on any atom is 0.366 e. The van der Waals surface area contributed by atoms with Gasteiger partial charge in [0.15, 0.2) is 0 Å². The van der Waals surface area contributed by atoms with E-state index >= 15 is 0 Å². The van der Waals surface area contributed by atoms with E-state index in [1.54, 1.807) is 42.5 Å². The highest BCUT2D eigenvalue weighted by molar-refractivity contribution is 5.85. The smallest absolute Gasteiger partial charge is 0.366 e. The Labute approximate surface area is 294 Å². The number of hydrogen-bond donors (Lipinski definition) is 2. The molecule has 0 heterocycles. The fourth-order valence-corrected chi connectivity index (χ4v) is 2.33. The number of rotatable bonds is 21. The van der Waals surface area contributed by atoms with Crippen LogP contribution in [-0.4, -0.2) is 49.5 Å². The van der Waals surface area contributed by atoms with Crippen LogP contribution in [0.5, 0.6) is 0 Å². The quantitative estimate of drug-likeness (QED) is 0.0233. The second-order valence-electron chi connectivity index (χ2n) is 8.01. The minimum atomic E-state index is -1.09. The summed E-state index contributed by atoms with van der Waals surface area (Å²) in [5.41, 5.74) is 2.61. The topological polar surface area (TPSA) is 119 Å². The van der Waals surface area contributed by atoms with E-state index in [4.69, 9.17) is 19.7 Å². The Morgan fingerprint density at radius 3 is 1.29 bits per heavy atom. The molecule has 0 rings (SSSR count). The molecule has 0 saturated carbocycles. The Hall–Kier alpha value is -5.54. The van der Waals surface area contributed by atoms with Crippen LogP contribution < -0.4 is 0 Å². The van der Waals surface area contributed by atoms with Gasteiger partial charge in [-0.15, -0.1) is 13.2 Å². The maximum absolute atomic E-state index is 12.4. The summed E-state index contributed by atoms with van der Waals surface area (Å²) in [5, 5.41) is 13.9. The average molecular weight is 685 g/mol. The molecule has 0 aliphatic rings. The van der Waals surface area contributed by atoms with Crippen LogP contribution in [0.15, 0.2) is 173 Å². The van der Waals surface area contributed by atoms with Crippen molar-refractivity contribution in [1.29, 1.82) is 0 Å². The van der Waals surface area contributed by atoms with Crippen LogP contribution in [-0.2, 0) is 28.6 Å². The van der Waals surface area contributed by atoms with E-state index in [-0.39, 0.29) is 18.8 Å². The number of unbranched alkanes of at least 4 members (excludes halogenated alkanes) is 3. The lowest BCUT2D eigenvalue weighted by Crippen LogP contribution is -2.05. The summed E-state index contributed by atoms with van der Waals surface area (Å²) in [6.45, 7) is 43.7. The molecule has 0 saturated heterocycles. The second-order valence-corrected chi connectivity index (χ2v) is 8.01. The predicted octanol–water partition coefficient (Wildman–Crippen LogP) is 9.74. The zero-order chi connectivity index (χ0) is 39.5. The molecule has 9 heteroatoms. The van der Waals surface area contributed by atoms with Crippen molar-refractivity contribution >= 4 is 18.9 Å². The Kier molecular flexibility index (Phi) is 53.4. The summed E-state index contributed by atoms with van der Waals surface area (Å²) in [7, 11) is 1.00.